The smallest absolute Gasteiger partial charge is 0.370 e. The van der Waals surface area contributed by atoms with Gasteiger partial charge in [-0.1, -0.05) is 72.8 Å². The lowest BCUT2D eigenvalue weighted by molar-refractivity contribution is -0.137. The molecule has 7 nitrogen and oxygen atoms in total. The van der Waals surface area contributed by atoms with Crippen molar-refractivity contribution in [2.24, 2.45) is 0 Å². The van der Waals surface area contributed by atoms with Crippen molar-refractivity contribution in [3.05, 3.63) is 97.1 Å². The van der Waals surface area contributed by atoms with Gasteiger partial charge in [-0.15, -0.1) is 0 Å². The number of para-hydroxylation sites is 2. The third-order valence-electron chi connectivity index (χ3n) is 7.32. The molecular formula is C29H22NO6P2+. The molecule has 188 valence electrons. The number of rotatable bonds is 3. The number of hydrogen-bond acceptors (Lipinski definition) is 6. The first kappa shape index (κ1) is 23.4. The summed E-state index contributed by atoms with van der Waals surface area (Å²) < 4.78 is 26.8. The molecule has 38 heavy (non-hydrogen) atoms. The fourth-order valence-electron chi connectivity index (χ4n) is 5.53. The van der Waals surface area contributed by atoms with Crippen LogP contribution in [0.1, 0.15) is 6.42 Å². The van der Waals surface area contributed by atoms with E-state index < -0.39 is 32.6 Å². The number of benzene rings is 4. The monoisotopic (exact) mass is 542 g/mol. The van der Waals surface area contributed by atoms with Crippen LogP contribution in [-0.2, 0) is 14.2 Å². The Bertz CT molecular complexity index is 1700. The van der Waals surface area contributed by atoms with Gasteiger partial charge in [0.05, 0.1) is 5.30 Å². The third-order valence-corrected chi connectivity index (χ3v) is 12.4. The molecule has 0 spiro atoms. The van der Waals surface area contributed by atoms with Crippen LogP contribution in [0.5, 0.6) is 11.5 Å². The van der Waals surface area contributed by atoms with Gasteiger partial charge in [0.2, 0.25) is 18.1 Å². The molecule has 4 aromatic carbocycles. The molecule has 0 aliphatic carbocycles. The Hall–Kier alpha value is -3.76. The van der Waals surface area contributed by atoms with Gasteiger partial charge in [0.1, 0.15) is 11.4 Å². The van der Waals surface area contributed by atoms with Crippen molar-refractivity contribution in [1.29, 1.82) is 0 Å². The van der Waals surface area contributed by atoms with Gasteiger partial charge in [0.15, 0.2) is 11.1 Å². The Labute approximate surface area is 219 Å². The van der Waals surface area contributed by atoms with Gasteiger partial charge in [-0.2, -0.15) is 0 Å². The summed E-state index contributed by atoms with van der Waals surface area (Å²) in [5, 5.41) is 0.982. The lowest BCUT2D eigenvalue weighted by atomic mass is 10.0. The molecule has 0 aromatic heterocycles. The van der Waals surface area contributed by atoms with Crippen molar-refractivity contribution in [2.75, 3.05) is 6.29 Å². The quantitative estimate of drug-likeness (QED) is 0.291. The van der Waals surface area contributed by atoms with Crippen LogP contribution in [0, 0.1) is 0 Å². The average molecular weight is 542 g/mol. The van der Waals surface area contributed by atoms with Crippen molar-refractivity contribution in [1.82, 2.24) is 4.90 Å². The first-order valence-electron chi connectivity index (χ1n) is 12.2. The first-order chi connectivity index (χ1) is 18.4. The van der Waals surface area contributed by atoms with Gasteiger partial charge in [-0.05, 0) is 29.8 Å². The summed E-state index contributed by atoms with van der Waals surface area (Å²) >= 11 is 0. The minimum Gasteiger partial charge on any atom is -0.439 e. The fraction of sp³-hybridized carbons (Fsp3) is 0.103. The van der Waals surface area contributed by atoms with E-state index in [2.05, 4.69) is 0 Å². The van der Waals surface area contributed by atoms with E-state index in [0.29, 0.717) is 22.1 Å². The van der Waals surface area contributed by atoms with Crippen molar-refractivity contribution in [3.8, 4) is 33.8 Å². The number of likely N-dealkylation sites (tertiary alicyclic amines) is 1. The van der Waals surface area contributed by atoms with Gasteiger partial charge < -0.3 is 9.05 Å². The van der Waals surface area contributed by atoms with E-state index in [0.717, 1.165) is 27.2 Å². The van der Waals surface area contributed by atoms with Crippen LogP contribution in [0.4, 0.5) is 0 Å². The molecule has 3 atom stereocenters. The van der Waals surface area contributed by atoms with Crippen molar-refractivity contribution in [2.45, 2.75) is 12.1 Å². The van der Waals surface area contributed by atoms with Crippen LogP contribution in [-0.4, -0.2) is 33.6 Å². The molecule has 1 fully saturated rings. The van der Waals surface area contributed by atoms with E-state index in [9.17, 15) is 19.0 Å². The third kappa shape index (κ3) is 3.33. The number of carbonyl (C=O) groups excluding carboxylic acids is 2. The molecular weight excluding hydrogens is 520 g/mol. The average Bonchev–Trinajstić information content (AvgIpc) is 3.22. The Morgan fingerprint density at radius 3 is 2.13 bits per heavy atom. The van der Waals surface area contributed by atoms with Gasteiger partial charge in [0.25, 0.3) is 7.37 Å². The number of amides is 2. The van der Waals surface area contributed by atoms with Crippen LogP contribution < -0.4 is 19.7 Å². The maximum absolute atomic E-state index is 14.5. The number of hydrogen-bond donors (Lipinski definition) is 1. The standard InChI is InChI=1S/C29H22NO6P2/c31-28-17-27(38(34)26-16-8-4-12-22(26)20-10-2-6-14-24(20)36-38)29(32)30(28)18-37(33)25-15-7-3-11-21(25)19-9-1-5-13-23(19)35-37/h1-16,27,33H,17-18H2/q+1. The van der Waals surface area contributed by atoms with Gasteiger partial charge in [-0.25, -0.2) is 9.79 Å². The number of carbonyl (C=O) groups is 2. The summed E-state index contributed by atoms with van der Waals surface area (Å²) in [6, 6.07) is 29.1. The normalized spacial score (nSPS) is 25.0. The maximum Gasteiger partial charge on any atom is 0.370 e. The lowest BCUT2D eigenvalue weighted by Gasteiger charge is -2.31. The topological polar surface area (TPSA) is 93.1 Å². The van der Waals surface area contributed by atoms with Gasteiger partial charge in [0, 0.05) is 23.1 Å². The predicted molar refractivity (Wildman–Crippen MR) is 146 cm³/mol. The van der Waals surface area contributed by atoms with E-state index in [4.69, 9.17) is 9.05 Å². The highest BCUT2D eigenvalue weighted by Gasteiger charge is 2.59. The fourth-order valence-corrected chi connectivity index (χ4v) is 10.6. The molecule has 0 radical (unpaired) electrons. The minimum atomic E-state index is -3.83. The molecule has 3 aliphatic rings. The highest BCUT2D eigenvalue weighted by molar-refractivity contribution is 7.74. The predicted octanol–water partition coefficient (Wildman–Crippen LogP) is 4.96. The van der Waals surface area contributed by atoms with E-state index in [-0.39, 0.29) is 12.7 Å². The SMILES string of the molecule is O=C1CC(P2(=O)Oc3ccccc3-c3ccccc32)C(=O)N1C[P+]1(O)Oc2ccccc2-c2ccccc21. The summed E-state index contributed by atoms with van der Waals surface area (Å²) in [6.07, 6.45) is -0.602. The second-order valence-electron chi connectivity index (χ2n) is 9.53. The second kappa shape index (κ2) is 8.37. The van der Waals surface area contributed by atoms with E-state index in [1.807, 2.05) is 48.5 Å². The summed E-state index contributed by atoms with van der Waals surface area (Å²) in [5.74, 6) is -0.225. The largest absolute Gasteiger partial charge is 0.439 e. The zero-order valence-corrected chi connectivity index (χ0v) is 21.8. The molecule has 0 bridgehead atoms. The van der Waals surface area contributed by atoms with E-state index >= 15 is 0 Å². The highest BCUT2D eigenvalue weighted by Crippen LogP contribution is 2.63. The Kier molecular flexibility index (Phi) is 5.15. The maximum atomic E-state index is 14.5. The van der Waals surface area contributed by atoms with Crippen LogP contribution >= 0.6 is 15.1 Å². The molecule has 0 saturated carbocycles. The Balaban J connectivity index is 1.26. The molecule has 1 N–H and O–H groups in total. The minimum absolute atomic E-state index is 0.273. The zero-order valence-electron chi connectivity index (χ0n) is 20.1. The Morgan fingerprint density at radius 1 is 0.789 bits per heavy atom. The first-order valence-corrected chi connectivity index (χ1v) is 15.7. The highest BCUT2D eigenvalue weighted by atomic mass is 31.2. The van der Waals surface area contributed by atoms with Crippen LogP contribution in [0.3, 0.4) is 0 Å². The molecule has 2 amide bonds. The van der Waals surface area contributed by atoms with E-state index in [1.165, 1.54) is 0 Å². The summed E-state index contributed by atoms with van der Waals surface area (Å²) in [6.45, 7) is 0. The molecule has 9 heteroatoms. The van der Waals surface area contributed by atoms with Crippen LogP contribution in [0.25, 0.3) is 22.3 Å². The van der Waals surface area contributed by atoms with Crippen molar-refractivity contribution >= 4 is 37.5 Å². The second-order valence-corrected chi connectivity index (χ2v) is 14.4. The number of fused-ring (bicyclic) bond motifs is 6. The summed E-state index contributed by atoms with van der Waals surface area (Å²) in [4.78, 5) is 40.0. The van der Waals surface area contributed by atoms with Crippen LogP contribution in [0.15, 0.2) is 97.1 Å². The van der Waals surface area contributed by atoms with E-state index in [1.54, 1.807) is 48.5 Å². The molecule has 7 rings (SSSR count). The Morgan fingerprint density at radius 2 is 1.37 bits per heavy atom. The van der Waals surface area contributed by atoms with Crippen molar-refractivity contribution in [3.63, 3.8) is 0 Å². The van der Waals surface area contributed by atoms with Gasteiger partial charge in [-0.3, -0.25) is 14.2 Å². The zero-order chi connectivity index (χ0) is 26.1. The molecule has 3 aliphatic heterocycles. The molecule has 3 unspecified atom stereocenters. The number of nitrogens with zero attached hydrogens (tertiary/aromatic N) is 1. The number of imide groups is 1. The lowest BCUT2D eigenvalue weighted by Crippen LogP contribution is -2.39. The molecule has 3 heterocycles. The summed E-state index contributed by atoms with van der Waals surface area (Å²) in [5.41, 5.74) is 1.95. The van der Waals surface area contributed by atoms with Crippen LogP contribution in [0.2, 0.25) is 0 Å². The molecule has 1 saturated heterocycles. The van der Waals surface area contributed by atoms with Crippen molar-refractivity contribution < 1.29 is 28.1 Å². The molecule has 4 aromatic rings. The summed E-state index contributed by atoms with van der Waals surface area (Å²) in [7, 11) is -7.29. The van der Waals surface area contributed by atoms with Gasteiger partial charge >= 0.3 is 7.72 Å².